The van der Waals surface area contributed by atoms with Crippen molar-refractivity contribution in [2.24, 2.45) is 4.99 Å². The van der Waals surface area contributed by atoms with Crippen LogP contribution in [0.15, 0.2) is 64.1 Å². The molecule has 1 heterocycles. The highest BCUT2D eigenvalue weighted by molar-refractivity contribution is 9.10. The van der Waals surface area contributed by atoms with Gasteiger partial charge in [-0.25, -0.2) is 0 Å². The number of Topliss-reactive ketones (excluding diaryl/α,β-unsaturated/α-hetero) is 1. The van der Waals surface area contributed by atoms with Crippen LogP contribution in [0.2, 0.25) is 0 Å². The number of rotatable bonds is 11. The standard InChI is InChI=1S/C27H32BrNO4/c1-4-5-6-10-17-27(25(31)29-24(33-27)20-11-8-7-9-12-20)22(18-23(30)26(2,3)32)19-13-15-21(28)16-14-19/h7-9,11-16,22,32H,4-6,10,17-18H2,1-3H3/t22-,27+/m1/s1. The Morgan fingerprint density at radius 3 is 2.36 bits per heavy atom. The molecule has 0 saturated heterocycles. The van der Waals surface area contributed by atoms with Gasteiger partial charge in [0.1, 0.15) is 5.60 Å². The van der Waals surface area contributed by atoms with Gasteiger partial charge in [0.25, 0.3) is 5.91 Å². The maximum Gasteiger partial charge on any atom is 0.293 e. The average Bonchev–Trinajstić information content (AvgIpc) is 3.12. The Morgan fingerprint density at radius 1 is 1.09 bits per heavy atom. The maximum atomic E-state index is 13.6. The third-order valence-corrected chi connectivity index (χ3v) is 6.70. The lowest BCUT2D eigenvalue weighted by Crippen LogP contribution is -2.46. The van der Waals surface area contributed by atoms with Crippen LogP contribution in [0.5, 0.6) is 0 Å². The van der Waals surface area contributed by atoms with E-state index in [4.69, 9.17) is 4.74 Å². The van der Waals surface area contributed by atoms with Crippen molar-refractivity contribution in [3.63, 3.8) is 0 Å². The minimum Gasteiger partial charge on any atom is -0.460 e. The van der Waals surface area contributed by atoms with Crippen LogP contribution in [-0.2, 0) is 14.3 Å². The van der Waals surface area contributed by atoms with E-state index in [1.54, 1.807) is 0 Å². The Labute approximate surface area is 204 Å². The van der Waals surface area contributed by atoms with Crippen LogP contribution in [0.25, 0.3) is 0 Å². The Balaban J connectivity index is 2.05. The summed E-state index contributed by atoms with van der Waals surface area (Å²) in [6, 6.07) is 16.9. The molecular formula is C27H32BrNO4. The van der Waals surface area contributed by atoms with E-state index in [1.165, 1.54) is 13.8 Å². The molecule has 3 rings (SSSR count). The summed E-state index contributed by atoms with van der Waals surface area (Å²) in [5.41, 5.74) is -1.27. The van der Waals surface area contributed by atoms with Crippen LogP contribution < -0.4 is 0 Å². The molecule has 1 aliphatic rings. The highest BCUT2D eigenvalue weighted by Gasteiger charge is 2.54. The lowest BCUT2D eigenvalue weighted by atomic mass is 9.74. The first-order valence-corrected chi connectivity index (χ1v) is 12.4. The van der Waals surface area contributed by atoms with Crippen molar-refractivity contribution in [2.45, 2.75) is 76.4 Å². The number of unbranched alkanes of at least 4 members (excludes halogenated alkanes) is 3. The van der Waals surface area contributed by atoms with Crippen molar-refractivity contribution in [1.29, 1.82) is 0 Å². The normalized spacial score (nSPS) is 19.2. The Hall–Kier alpha value is -2.31. The van der Waals surface area contributed by atoms with Crippen molar-refractivity contribution in [3.8, 4) is 0 Å². The predicted octanol–water partition coefficient (Wildman–Crippen LogP) is 5.98. The average molecular weight is 514 g/mol. The van der Waals surface area contributed by atoms with Crippen LogP contribution >= 0.6 is 15.9 Å². The maximum absolute atomic E-state index is 13.6. The van der Waals surface area contributed by atoms with E-state index in [-0.39, 0.29) is 24.0 Å². The number of carbonyl (C=O) groups is 2. The summed E-state index contributed by atoms with van der Waals surface area (Å²) < 4.78 is 7.34. The van der Waals surface area contributed by atoms with Crippen molar-refractivity contribution in [1.82, 2.24) is 0 Å². The van der Waals surface area contributed by atoms with Crippen molar-refractivity contribution in [3.05, 3.63) is 70.2 Å². The molecule has 176 valence electrons. The van der Waals surface area contributed by atoms with Crippen LogP contribution in [0, 0.1) is 0 Å². The Morgan fingerprint density at radius 2 is 1.76 bits per heavy atom. The fourth-order valence-electron chi connectivity index (χ4n) is 4.18. The molecule has 0 aliphatic carbocycles. The SMILES string of the molecule is CCCCCC[C@@]1([C@H](CC(=O)C(C)(C)O)c2ccc(Br)cc2)OC(c2ccccc2)=NC1=O. The van der Waals surface area contributed by atoms with Crippen LogP contribution in [0.4, 0.5) is 0 Å². The molecule has 0 bridgehead atoms. The highest BCUT2D eigenvalue weighted by atomic mass is 79.9. The summed E-state index contributed by atoms with van der Waals surface area (Å²) in [6.07, 6.45) is 4.29. The van der Waals surface area contributed by atoms with E-state index in [2.05, 4.69) is 27.8 Å². The number of ketones is 1. The largest absolute Gasteiger partial charge is 0.460 e. The molecule has 5 nitrogen and oxygen atoms in total. The van der Waals surface area contributed by atoms with Gasteiger partial charge in [-0.3, -0.25) is 9.59 Å². The van der Waals surface area contributed by atoms with Crippen LogP contribution in [0.1, 0.15) is 76.3 Å². The summed E-state index contributed by atoms with van der Waals surface area (Å²) in [6.45, 7) is 5.09. The van der Waals surface area contributed by atoms with Crippen molar-refractivity contribution >= 4 is 33.5 Å². The van der Waals surface area contributed by atoms with Gasteiger partial charge in [0.05, 0.1) is 0 Å². The van der Waals surface area contributed by atoms with Gasteiger partial charge in [0, 0.05) is 22.4 Å². The summed E-state index contributed by atoms with van der Waals surface area (Å²) >= 11 is 3.46. The molecule has 1 aliphatic heterocycles. The van der Waals surface area contributed by atoms with Crippen molar-refractivity contribution in [2.75, 3.05) is 0 Å². The lowest BCUT2D eigenvalue weighted by molar-refractivity contribution is -0.139. The van der Waals surface area contributed by atoms with E-state index in [9.17, 15) is 14.7 Å². The summed E-state index contributed by atoms with van der Waals surface area (Å²) in [7, 11) is 0. The number of hydrogen-bond acceptors (Lipinski definition) is 4. The molecule has 33 heavy (non-hydrogen) atoms. The first-order chi connectivity index (χ1) is 15.7. The topological polar surface area (TPSA) is 76.0 Å². The fourth-order valence-corrected chi connectivity index (χ4v) is 4.44. The number of hydrogen-bond donors (Lipinski definition) is 1. The third kappa shape index (κ3) is 5.98. The molecule has 0 aromatic heterocycles. The van der Waals surface area contributed by atoms with E-state index in [0.717, 1.165) is 41.3 Å². The molecule has 0 fully saturated rings. The minimum absolute atomic E-state index is 0.0256. The molecule has 0 unspecified atom stereocenters. The third-order valence-electron chi connectivity index (χ3n) is 6.17. The number of halogens is 1. The van der Waals surface area contributed by atoms with Crippen molar-refractivity contribution < 1.29 is 19.4 Å². The Kier molecular flexibility index (Phi) is 8.24. The van der Waals surface area contributed by atoms with Gasteiger partial charge in [-0.1, -0.05) is 72.4 Å². The molecular weight excluding hydrogens is 482 g/mol. The summed E-state index contributed by atoms with van der Waals surface area (Å²) in [5.74, 6) is -1.00. The van der Waals surface area contributed by atoms with E-state index in [0.29, 0.717) is 6.42 Å². The molecule has 0 spiro atoms. The second-order valence-corrected chi connectivity index (χ2v) is 10.1. The van der Waals surface area contributed by atoms with E-state index >= 15 is 0 Å². The molecule has 0 saturated carbocycles. The first kappa shape index (κ1) is 25.3. The fraction of sp³-hybridized carbons (Fsp3) is 0.444. The predicted molar refractivity (Wildman–Crippen MR) is 133 cm³/mol. The van der Waals surface area contributed by atoms with Gasteiger partial charge in [0.15, 0.2) is 11.4 Å². The monoisotopic (exact) mass is 513 g/mol. The van der Waals surface area contributed by atoms with Gasteiger partial charge in [-0.15, -0.1) is 0 Å². The second-order valence-electron chi connectivity index (χ2n) is 9.18. The van der Waals surface area contributed by atoms with Gasteiger partial charge < -0.3 is 9.84 Å². The molecule has 2 aromatic carbocycles. The zero-order chi connectivity index (χ0) is 24.1. The molecule has 2 atom stereocenters. The number of ether oxygens (including phenoxy) is 1. The number of aliphatic imine (C=N–C) groups is 1. The van der Waals surface area contributed by atoms with E-state index in [1.807, 2.05) is 54.6 Å². The van der Waals surface area contributed by atoms with Gasteiger partial charge in [-0.2, -0.15) is 4.99 Å². The van der Waals surface area contributed by atoms with Gasteiger partial charge in [0.2, 0.25) is 5.90 Å². The second kappa shape index (κ2) is 10.7. The lowest BCUT2D eigenvalue weighted by Gasteiger charge is -2.36. The van der Waals surface area contributed by atoms with Crippen LogP contribution in [0.3, 0.4) is 0 Å². The number of carbonyl (C=O) groups excluding carboxylic acids is 2. The van der Waals surface area contributed by atoms with Gasteiger partial charge >= 0.3 is 0 Å². The zero-order valence-electron chi connectivity index (χ0n) is 19.5. The molecule has 1 amide bonds. The number of amides is 1. The first-order valence-electron chi connectivity index (χ1n) is 11.6. The minimum atomic E-state index is -1.51. The number of nitrogens with zero attached hydrogens (tertiary/aromatic N) is 1. The zero-order valence-corrected chi connectivity index (χ0v) is 21.1. The quantitative estimate of drug-likeness (QED) is 0.375. The molecule has 2 aromatic rings. The van der Waals surface area contributed by atoms with Gasteiger partial charge in [-0.05, 0) is 56.5 Å². The summed E-state index contributed by atoms with van der Waals surface area (Å²) in [5, 5.41) is 10.4. The molecule has 0 radical (unpaired) electrons. The van der Waals surface area contributed by atoms with Crippen LogP contribution in [-0.4, -0.2) is 33.9 Å². The summed E-state index contributed by atoms with van der Waals surface area (Å²) in [4.78, 5) is 30.9. The molecule has 1 N–H and O–H groups in total. The smallest absolute Gasteiger partial charge is 0.293 e. The number of aliphatic hydroxyl groups is 1. The highest BCUT2D eigenvalue weighted by Crippen LogP contribution is 2.44. The number of benzene rings is 2. The molecule has 6 heteroatoms. The Bertz CT molecular complexity index is 995. The van der Waals surface area contributed by atoms with E-state index < -0.39 is 17.1 Å².